The van der Waals surface area contributed by atoms with E-state index in [9.17, 15) is 13.2 Å². The van der Waals surface area contributed by atoms with Crippen LogP contribution in [0.5, 0.6) is 0 Å². The number of aromatic amines is 1. The van der Waals surface area contributed by atoms with Gasteiger partial charge in [0.2, 0.25) is 10.0 Å². The van der Waals surface area contributed by atoms with Crippen LogP contribution in [-0.2, 0) is 10.0 Å². The molecule has 8 heteroatoms. The molecule has 2 aromatic rings. The highest BCUT2D eigenvalue weighted by atomic mass is 32.2. The number of benzene rings is 1. The van der Waals surface area contributed by atoms with Gasteiger partial charge in [-0.15, -0.1) is 0 Å². The second-order valence-electron chi connectivity index (χ2n) is 7.24. The van der Waals surface area contributed by atoms with Crippen LogP contribution in [0.2, 0.25) is 0 Å². The Morgan fingerprint density at radius 1 is 1.22 bits per heavy atom. The molecule has 0 aliphatic carbocycles. The standard InChI is InChI=1S/C19H20N4O3S/c1-27(25,26)23-11-15-10-22(19(24)17-7-13(8-20)9-21-17)12-16(15)18(23)14-5-3-2-4-6-14/h2-7,9,15-16,18,21H,10-12H2,1H3/t15-,16-,18+/m1/s1. The van der Waals surface area contributed by atoms with Gasteiger partial charge in [0.25, 0.3) is 5.91 Å². The molecule has 140 valence electrons. The smallest absolute Gasteiger partial charge is 0.270 e. The minimum atomic E-state index is -3.34. The number of likely N-dealkylation sites (tertiary alicyclic amines) is 1. The highest BCUT2D eigenvalue weighted by molar-refractivity contribution is 7.88. The Bertz CT molecular complexity index is 1010. The SMILES string of the molecule is CS(=O)(=O)N1C[C@H]2CN(C(=O)c3cc(C#N)c[nH]3)C[C@H]2[C@@H]1c1ccccc1. The van der Waals surface area contributed by atoms with E-state index in [4.69, 9.17) is 5.26 Å². The Morgan fingerprint density at radius 2 is 1.96 bits per heavy atom. The van der Waals surface area contributed by atoms with Crippen LogP contribution >= 0.6 is 0 Å². The Balaban J connectivity index is 1.61. The van der Waals surface area contributed by atoms with Crippen molar-refractivity contribution in [3.63, 3.8) is 0 Å². The predicted octanol–water partition coefficient (Wildman–Crippen LogP) is 1.59. The van der Waals surface area contributed by atoms with Gasteiger partial charge in [0.05, 0.1) is 17.9 Å². The van der Waals surface area contributed by atoms with Crippen LogP contribution in [0.4, 0.5) is 0 Å². The van der Waals surface area contributed by atoms with Gasteiger partial charge in [-0.2, -0.15) is 9.57 Å². The van der Waals surface area contributed by atoms with E-state index in [1.54, 1.807) is 15.3 Å². The minimum Gasteiger partial charge on any atom is -0.356 e. The van der Waals surface area contributed by atoms with E-state index in [2.05, 4.69) is 4.98 Å². The molecule has 1 amide bonds. The van der Waals surface area contributed by atoms with Gasteiger partial charge >= 0.3 is 0 Å². The summed E-state index contributed by atoms with van der Waals surface area (Å²) in [7, 11) is -3.34. The summed E-state index contributed by atoms with van der Waals surface area (Å²) >= 11 is 0. The van der Waals surface area contributed by atoms with E-state index in [1.807, 2.05) is 36.4 Å². The normalized spacial score (nSPS) is 25.3. The van der Waals surface area contributed by atoms with Crippen molar-refractivity contribution in [2.24, 2.45) is 11.8 Å². The molecule has 2 saturated heterocycles. The third-order valence-corrected chi connectivity index (χ3v) is 6.75. The van der Waals surface area contributed by atoms with E-state index in [0.717, 1.165) is 5.56 Å². The summed E-state index contributed by atoms with van der Waals surface area (Å²) in [6.45, 7) is 1.43. The minimum absolute atomic E-state index is 0.0523. The Hall–Kier alpha value is -2.63. The molecule has 0 radical (unpaired) electrons. The number of hydrogen-bond acceptors (Lipinski definition) is 4. The first-order valence-corrected chi connectivity index (χ1v) is 10.6. The number of sulfonamides is 1. The molecule has 3 heterocycles. The van der Waals surface area contributed by atoms with Crippen LogP contribution in [0, 0.1) is 23.2 Å². The van der Waals surface area contributed by atoms with Gasteiger partial charge in [-0.1, -0.05) is 30.3 Å². The zero-order valence-corrected chi connectivity index (χ0v) is 15.7. The molecule has 1 N–H and O–H groups in total. The summed E-state index contributed by atoms with van der Waals surface area (Å²) in [4.78, 5) is 17.4. The van der Waals surface area contributed by atoms with E-state index in [1.165, 1.54) is 12.5 Å². The van der Waals surface area contributed by atoms with Crippen molar-refractivity contribution in [1.29, 1.82) is 5.26 Å². The lowest BCUT2D eigenvalue weighted by molar-refractivity contribution is 0.0768. The molecule has 2 fully saturated rings. The van der Waals surface area contributed by atoms with Gasteiger partial charge in [-0.25, -0.2) is 8.42 Å². The molecule has 0 bridgehead atoms. The predicted molar refractivity (Wildman–Crippen MR) is 99.1 cm³/mol. The first kappa shape index (κ1) is 17.8. The van der Waals surface area contributed by atoms with Crippen LogP contribution in [0.25, 0.3) is 0 Å². The van der Waals surface area contributed by atoms with Gasteiger partial charge in [0.15, 0.2) is 0 Å². The maximum atomic E-state index is 12.8. The van der Waals surface area contributed by atoms with Crippen molar-refractivity contribution in [3.05, 3.63) is 59.4 Å². The van der Waals surface area contributed by atoms with E-state index in [0.29, 0.717) is 30.9 Å². The first-order chi connectivity index (χ1) is 12.9. The van der Waals surface area contributed by atoms with Crippen molar-refractivity contribution in [2.75, 3.05) is 25.9 Å². The van der Waals surface area contributed by atoms with Gasteiger partial charge < -0.3 is 9.88 Å². The molecule has 1 aromatic carbocycles. The molecular weight excluding hydrogens is 364 g/mol. The lowest BCUT2D eigenvalue weighted by Crippen LogP contribution is -2.37. The fourth-order valence-electron chi connectivity index (χ4n) is 4.33. The number of H-pyrrole nitrogens is 1. The summed E-state index contributed by atoms with van der Waals surface area (Å²) in [5.41, 5.74) is 1.77. The molecule has 7 nitrogen and oxygen atoms in total. The monoisotopic (exact) mass is 384 g/mol. The molecule has 0 unspecified atom stereocenters. The molecule has 2 aliphatic rings. The number of nitriles is 1. The maximum absolute atomic E-state index is 12.8. The summed E-state index contributed by atoms with van der Waals surface area (Å²) in [6.07, 6.45) is 2.76. The Labute approximate surface area is 158 Å². The fourth-order valence-corrected chi connectivity index (χ4v) is 5.48. The summed E-state index contributed by atoms with van der Waals surface area (Å²) < 4.78 is 26.2. The molecule has 4 rings (SSSR count). The van der Waals surface area contributed by atoms with Gasteiger partial charge in [0, 0.05) is 31.7 Å². The average Bonchev–Trinajstić information content (AvgIpc) is 3.34. The third kappa shape index (κ3) is 3.13. The average molecular weight is 384 g/mol. The number of fused-ring (bicyclic) bond motifs is 1. The van der Waals surface area contributed by atoms with Crippen molar-refractivity contribution in [2.45, 2.75) is 6.04 Å². The number of nitrogens with zero attached hydrogens (tertiary/aromatic N) is 3. The van der Waals surface area contributed by atoms with Crippen LogP contribution in [0.15, 0.2) is 42.6 Å². The van der Waals surface area contributed by atoms with Crippen LogP contribution in [-0.4, -0.2) is 54.4 Å². The fraction of sp³-hybridized carbons (Fsp3) is 0.368. The number of carbonyl (C=O) groups excluding carboxylic acids is 1. The highest BCUT2D eigenvalue weighted by Gasteiger charge is 2.51. The Morgan fingerprint density at radius 3 is 2.59 bits per heavy atom. The van der Waals surface area contributed by atoms with Gasteiger partial charge in [-0.05, 0) is 17.5 Å². The largest absolute Gasteiger partial charge is 0.356 e. The van der Waals surface area contributed by atoms with E-state index >= 15 is 0 Å². The molecule has 27 heavy (non-hydrogen) atoms. The zero-order valence-electron chi connectivity index (χ0n) is 14.9. The second-order valence-corrected chi connectivity index (χ2v) is 9.17. The number of amides is 1. The summed E-state index contributed by atoms with van der Waals surface area (Å²) in [5, 5.41) is 8.94. The van der Waals surface area contributed by atoms with Crippen LogP contribution < -0.4 is 0 Å². The molecule has 1 aromatic heterocycles. The first-order valence-electron chi connectivity index (χ1n) is 8.78. The number of hydrogen-bond donors (Lipinski definition) is 1. The molecule has 2 aliphatic heterocycles. The molecule has 0 spiro atoms. The third-order valence-electron chi connectivity index (χ3n) is 5.52. The topological polar surface area (TPSA) is 97.3 Å². The number of rotatable bonds is 3. The van der Waals surface area contributed by atoms with Crippen molar-refractivity contribution in [1.82, 2.24) is 14.2 Å². The number of nitrogens with one attached hydrogen (secondary N) is 1. The van der Waals surface area contributed by atoms with E-state index < -0.39 is 10.0 Å². The zero-order chi connectivity index (χ0) is 19.2. The number of aromatic nitrogens is 1. The lowest BCUT2D eigenvalue weighted by Gasteiger charge is -2.28. The van der Waals surface area contributed by atoms with Gasteiger partial charge in [0.1, 0.15) is 11.8 Å². The van der Waals surface area contributed by atoms with Crippen molar-refractivity contribution >= 4 is 15.9 Å². The Kier molecular flexibility index (Phi) is 4.29. The van der Waals surface area contributed by atoms with Crippen molar-refractivity contribution in [3.8, 4) is 6.07 Å². The van der Waals surface area contributed by atoms with Gasteiger partial charge in [-0.3, -0.25) is 4.79 Å². The molecule has 0 saturated carbocycles. The second kappa shape index (κ2) is 6.51. The maximum Gasteiger partial charge on any atom is 0.270 e. The van der Waals surface area contributed by atoms with Crippen LogP contribution in [0.1, 0.15) is 27.7 Å². The summed E-state index contributed by atoms with van der Waals surface area (Å²) in [6, 6.07) is 12.9. The lowest BCUT2D eigenvalue weighted by atomic mass is 9.90. The van der Waals surface area contributed by atoms with Crippen LogP contribution in [0.3, 0.4) is 0 Å². The quantitative estimate of drug-likeness (QED) is 0.869. The van der Waals surface area contributed by atoms with E-state index in [-0.39, 0.29) is 23.8 Å². The molecule has 3 atom stereocenters. The highest BCUT2D eigenvalue weighted by Crippen LogP contribution is 2.46. The van der Waals surface area contributed by atoms with Crippen molar-refractivity contribution < 1.29 is 13.2 Å². The summed E-state index contributed by atoms with van der Waals surface area (Å²) in [5.74, 6) is -0.000581. The molecular formula is C19H20N4O3S. The number of carbonyl (C=O) groups is 1.